The number of likely N-dealkylation sites (N-methyl/N-ethyl adjacent to an activating group) is 1. The summed E-state index contributed by atoms with van der Waals surface area (Å²) < 4.78 is 5.74. The van der Waals surface area contributed by atoms with Gasteiger partial charge in [0.15, 0.2) is 0 Å². The third-order valence-corrected chi connectivity index (χ3v) is 4.02. The Morgan fingerprint density at radius 1 is 1.31 bits per heavy atom. The summed E-state index contributed by atoms with van der Waals surface area (Å²) in [5.41, 5.74) is 0. The van der Waals surface area contributed by atoms with Crippen LogP contribution in [-0.2, 0) is 4.74 Å². The molecule has 0 saturated carbocycles. The van der Waals surface area contributed by atoms with E-state index in [2.05, 4.69) is 24.1 Å². The molecule has 0 bridgehead atoms. The Morgan fingerprint density at radius 2 is 2.19 bits per heavy atom. The van der Waals surface area contributed by atoms with E-state index in [1.165, 1.54) is 25.7 Å². The predicted octanol–water partition coefficient (Wildman–Crippen LogP) is 1.63. The predicted molar refractivity (Wildman–Crippen MR) is 66.7 cm³/mol. The molecule has 0 aromatic heterocycles. The van der Waals surface area contributed by atoms with Crippen LogP contribution in [0.2, 0.25) is 0 Å². The van der Waals surface area contributed by atoms with Gasteiger partial charge in [0, 0.05) is 31.8 Å². The summed E-state index contributed by atoms with van der Waals surface area (Å²) in [6, 6.07) is 1.43. The molecule has 0 spiro atoms. The van der Waals surface area contributed by atoms with Crippen LogP contribution in [0.25, 0.3) is 0 Å². The van der Waals surface area contributed by atoms with E-state index in [0.29, 0.717) is 12.1 Å². The summed E-state index contributed by atoms with van der Waals surface area (Å²) in [5, 5.41) is 3.59. The maximum Gasteiger partial charge on any atom is 0.0702 e. The highest BCUT2D eigenvalue weighted by Crippen LogP contribution is 2.18. The maximum absolute atomic E-state index is 5.74. The maximum atomic E-state index is 5.74. The highest BCUT2D eigenvalue weighted by Gasteiger charge is 2.26. The molecule has 0 radical (unpaired) electrons. The number of rotatable bonds is 4. The van der Waals surface area contributed by atoms with Crippen LogP contribution in [0.15, 0.2) is 0 Å². The first-order chi connectivity index (χ1) is 7.79. The van der Waals surface area contributed by atoms with Gasteiger partial charge in [-0.3, -0.25) is 4.90 Å². The molecule has 3 atom stereocenters. The topological polar surface area (TPSA) is 24.5 Å². The summed E-state index contributed by atoms with van der Waals surface area (Å²) in [6.45, 7) is 8.97. The average Bonchev–Trinajstić information content (AvgIpc) is 2.80. The molecule has 2 fully saturated rings. The van der Waals surface area contributed by atoms with E-state index in [-0.39, 0.29) is 0 Å². The molecule has 0 aromatic carbocycles. The van der Waals surface area contributed by atoms with Crippen molar-refractivity contribution in [3.05, 3.63) is 0 Å². The molecular formula is C13H26N2O. The lowest BCUT2D eigenvalue weighted by molar-refractivity contribution is 0.0517. The normalized spacial score (nSPS) is 35.8. The Hall–Kier alpha value is -0.120. The van der Waals surface area contributed by atoms with Crippen molar-refractivity contribution in [2.24, 2.45) is 0 Å². The van der Waals surface area contributed by atoms with E-state index in [4.69, 9.17) is 4.74 Å². The Bertz CT molecular complexity index is 196. The number of hydrogen-bond donors (Lipinski definition) is 1. The van der Waals surface area contributed by atoms with E-state index in [1.807, 2.05) is 0 Å². The summed E-state index contributed by atoms with van der Waals surface area (Å²) in [4.78, 5) is 2.61. The van der Waals surface area contributed by atoms with Crippen LogP contribution in [0, 0.1) is 0 Å². The van der Waals surface area contributed by atoms with E-state index >= 15 is 0 Å². The van der Waals surface area contributed by atoms with Crippen molar-refractivity contribution < 1.29 is 4.74 Å². The highest BCUT2D eigenvalue weighted by atomic mass is 16.5. The summed E-state index contributed by atoms with van der Waals surface area (Å²) in [6.07, 6.45) is 5.66. The van der Waals surface area contributed by atoms with E-state index < -0.39 is 0 Å². The molecule has 2 saturated heterocycles. The van der Waals surface area contributed by atoms with Crippen LogP contribution in [-0.4, -0.2) is 49.3 Å². The fourth-order valence-corrected chi connectivity index (χ4v) is 2.88. The molecule has 3 nitrogen and oxygen atoms in total. The molecule has 0 aromatic rings. The first kappa shape index (κ1) is 12.3. The first-order valence-electron chi connectivity index (χ1n) is 6.88. The second kappa shape index (κ2) is 5.99. The van der Waals surface area contributed by atoms with E-state index in [1.54, 1.807) is 0 Å². The molecule has 3 heteroatoms. The van der Waals surface area contributed by atoms with Crippen molar-refractivity contribution in [3.8, 4) is 0 Å². The summed E-state index contributed by atoms with van der Waals surface area (Å²) >= 11 is 0. The Labute approximate surface area is 99.5 Å². The van der Waals surface area contributed by atoms with Gasteiger partial charge < -0.3 is 10.1 Å². The molecule has 0 aliphatic carbocycles. The second-order valence-corrected chi connectivity index (χ2v) is 5.26. The van der Waals surface area contributed by atoms with Crippen molar-refractivity contribution in [2.45, 2.75) is 57.7 Å². The fourth-order valence-electron chi connectivity index (χ4n) is 2.88. The van der Waals surface area contributed by atoms with Crippen molar-refractivity contribution in [2.75, 3.05) is 26.2 Å². The summed E-state index contributed by atoms with van der Waals surface area (Å²) in [7, 11) is 0. The highest BCUT2D eigenvalue weighted by molar-refractivity contribution is 4.83. The number of piperidine rings is 1. The van der Waals surface area contributed by atoms with Gasteiger partial charge in [0.1, 0.15) is 0 Å². The zero-order valence-electron chi connectivity index (χ0n) is 10.7. The SMILES string of the molecule is CCN(CC1CCCO1)C1CCC(C)NC1. The molecular weight excluding hydrogens is 200 g/mol. The molecule has 94 valence electrons. The standard InChI is InChI=1S/C13H26N2O/c1-3-15(10-13-5-4-8-16-13)12-7-6-11(2)14-9-12/h11-14H,3-10H2,1-2H3. The van der Waals surface area contributed by atoms with Gasteiger partial charge in [0.05, 0.1) is 6.10 Å². The fraction of sp³-hybridized carbons (Fsp3) is 1.00. The van der Waals surface area contributed by atoms with Crippen LogP contribution < -0.4 is 5.32 Å². The number of nitrogens with one attached hydrogen (secondary N) is 1. The van der Waals surface area contributed by atoms with Crippen LogP contribution in [0.1, 0.15) is 39.5 Å². The minimum atomic E-state index is 0.499. The lowest BCUT2D eigenvalue weighted by Gasteiger charge is -2.37. The number of hydrogen-bond acceptors (Lipinski definition) is 3. The quantitative estimate of drug-likeness (QED) is 0.788. The number of nitrogens with zero attached hydrogens (tertiary/aromatic N) is 1. The molecule has 2 aliphatic rings. The Morgan fingerprint density at radius 3 is 2.75 bits per heavy atom. The Kier molecular flexibility index (Phi) is 4.62. The minimum Gasteiger partial charge on any atom is -0.377 e. The minimum absolute atomic E-state index is 0.499. The third-order valence-electron chi connectivity index (χ3n) is 4.02. The van der Waals surface area contributed by atoms with Gasteiger partial charge in [-0.15, -0.1) is 0 Å². The monoisotopic (exact) mass is 226 g/mol. The number of ether oxygens (including phenoxy) is 1. The van der Waals surface area contributed by atoms with Gasteiger partial charge in [-0.1, -0.05) is 6.92 Å². The second-order valence-electron chi connectivity index (χ2n) is 5.26. The summed E-state index contributed by atoms with van der Waals surface area (Å²) in [5.74, 6) is 0. The molecule has 2 aliphatic heterocycles. The largest absolute Gasteiger partial charge is 0.377 e. The van der Waals surface area contributed by atoms with Gasteiger partial charge >= 0.3 is 0 Å². The van der Waals surface area contributed by atoms with Gasteiger partial charge in [-0.25, -0.2) is 0 Å². The first-order valence-corrected chi connectivity index (χ1v) is 6.88. The molecule has 2 heterocycles. The van der Waals surface area contributed by atoms with Crippen molar-refractivity contribution in [1.29, 1.82) is 0 Å². The van der Waals surface area contributed by atoms with Crippen molar-refractivity contribution in [3.63, 3.8) is 0 Å². The van der Waals surface area contributed by atoms with Gasteiger partial charge in [0.2, 0.25) is 0 Å². The van der Waals surface area contributed by atoms with Crippen LogP contribution in [0.3, 0.4) is 0 Å². The van der Waals surface area contributed by atoms with Gasteiger partial charge in [0.25, 0.3) is 0 Å². The average molecular weight is 226 g/mol. The smallest absolute Gasteiger partial charge is 0.0702 e. The van der Waals surface area contributed by atoms with E-state index in [9.17, 15) is 0 Å². The zero-order chi connectivity index (χ0) is 11.4. The van der Waals surface area contributed by atoms with Gasteiger partial charge in [-0.2, -0.15) is 0 Å². The van der Waals surface area contributed by atoms with E-state index in [0.717, 1.165) is 32.3 Å². The molecule has 3 unspecified atom stereocenters. The van der Waals surface area contributed by atoms with Gasteiger partial charge in [-0.05, 0) is 39.2 Å². The van der Waals surface area contributed by atoms with Crippen molar-refractivity contribution >= 4 is 0 Å². The lowest BCUT2D eigenvalue weighted by atomic mass is 10.00. The zero-order valence-corrected chi connectivity index (χ0v) is 10.7. The van der Waals surface area contributed by atoms with Crippen LogP contribution in [0.4, 0.5) is 0 Å². The van der Waals surface area contributed by atoms with Crippen LogP contribution >= 0.6 is 0 Å². The molecule has 0 amide bonds. The van der Waals surface area contributed by atoms with Crippen molar-refractivity contribution in [1.82, 2.24) is 10.2 Å². The lowest BCUT2D eigenvalue weighted by Crippen LogP contribution is -2.50. The Balaban J connectivity index is 1.79. The third kappa shape index (κ3) is 3.19. The molecule has 1 N–H and O–H groups in total. The molecule has 2 rings (SSSR count). The molecule has 16 heavy (non-hydrogen) atoms. The van der Waals surface area contributed by atoms with Crippen LogP contribution in [0.5, 0.6) is 0 Å².